The van der Waals surface area contributed by atoms with Crippen molar-refractivity contribution in [1.82, 2.24) is 0 Å². The Balaban J connectivity index is 3.08. The predicted molar refractivity (Wildman–Crippen MR) is 60.8 cm³/mol. The van der Waals surface area contributed by atoms with Crippen molar-refractivity contribution in [2.75, 3.05) is 13.7 Å². The molecule has 0 saturated heterocycles. The largest absolute Gasteiger partial charge is 0.504 e. The van der Waals surface area contributed by atoms with Gasteiger partial charge in [0, 0.05) is 12.2 Å². The fraction of sp³-hybridized carbons (Fsp3) is 0.250. The number of rotatable bonds is 5. The molecule has 2 N–H and O–H groups in total. The quantitative estimate of drug-likeness (QED) is 0.743. The maximum absolute atomic E-state index is 10.8. The minimum Gasteiger partial charge on any atom is -0.504 e. The summed E-state index contributed by atoms with van der Waals surface area (Å²) in [7, 11) is 1.42. The molecule has 1 aromatic carbocycles. The summed E-state index contributed by atoms with van der Waals surface area (Å²) in [5, 5.41) is 18.2. The third-order valence-corrected chi connectivity index (χ3v) is 2.10. The van der Waals surface area contributed by atoms with Gasteiger partial charge < -0.3 is 14.9 Å². The predicted octanol–water partition coefficient (Wildman–Crippen LogP) is 1.61. The highest BCUT2D eigenvalue weighted by Gasteiger charge is 2.06. The number of carbonyl (C=O) groups is 1. The number of benzene rings is 1. The summed E-state index contributed by atoms with van der Waals surface area (Å²) in [4.78, 5) is 10.8. The maximum Gasteiger partial charge on any atom is 0.161 e. The Morgan fingerprint density at radius 2 is 2.12 bits per heavy atom. The van der Waals surface area contributed by atoms with Crippen LogP contribution in [0.2, 0.25) is 0 Å². The van der Waals surface area contributed by atoms with E-state index in [4.69, 9.17) is 9.84 Å². The summed E-state index contributed by atoms with van der Waals surface area (Å²) in [6.07, 6.45) is 4.61. The molecule has 0 heterocycles. The fourth-order valence-corrected chi connectivity index (χ4v) is 1.29. The van der Waals surface area contributed by atoms with Crippen LogP contribution in [0.1, 0.15) is 22.3 Å². The van der Waals surface area contributed by atoms with Gasteiger partial charge in [-0.2, -0.15) is 0 Å². The highest BCUT2D eigenvalue weighted by Crippen LogP contribution is 2.29. The molecule has 0 radical (unpaired) electrons. The van der Waals surface area contributed by atoms with Crippen LogP contribution in [0.15, 0.2) is 18.2 Å². The molecule has 0 spiro atoms. The molecule has 0 aliphatic heterocycles. The molecule has 4 nitrogen and oxygen atoms in total. The van der Waals surface area contributed by atoms with Gasteiger partial charge >= 0.3 is 0 Å². The van der Waals surface area contributed by atoms with Gasteiger partial charge in [0.2, 0.25) is 0 Å². The molecule has 0 saturated carbocycles. The lowest BCUT2D eigenvalue weighted by Crippen LogP contribution is -1.91. The van der Waals surface area contributed by atoms with Gasteiger partial charge in [-0.15, -0.1) is 0 Å². The third kappa shape index (κ3) is 2.84. The molecule has 0 aliphatic rings. The number of hydrogen-bond acceptors (Lipinski definition) is 4. The van der Waals surface area contributed by atoms with Crippen LogP contribution < -0.4 is 4.74 Å². The summed E-state index contributed by atoms with van der Waals surface area (Å²) in [6, 6.07) is 2.93. The Bertz CT molecular complexity index is 396. The summed E-state index contributed by atoms with van der Waals surface area (Å²) >= 11 is 0. The molecule has 4 heteroatoms. The van der Waals surface area contributed by atoms with E-state index in [1.54, 1.807) is 12.2 Å². The minimum atomic E-state index is -0.0169. The van der Waals surface area contributed by atoms with Crippen molar-refractivity contribution >= 4 is 12.4 Å². The highest BCUT2D eigenvalue weighted by molar-refractivity contribution is 5.83. The van der Waals surface area contributed by atoms with Crippen LogP contribution in [0.5, 0.6) is 11.5 Å². The molecule has 0 unspecified atom stereocenters. The Kier molecular flexibility index (Phi) is 4.54. The molecule has 0 aliphatic carbocycles. The topological polar surface area (TPSA) is 66.8 Å². The number of carbonyl (C=O) groups excluding carboxylic acids is 1. The summed E-state index contributed by atoms with van der Waals surface area (Å²) < 4.78 is 4.90. The molecule has 1 rings (SSSR count). The lowest BCUT2D eigenvalue weighted by Gasteiger charge is -2.06. The van der Waals surface area contributed by atoms with Crippen LogP contribution in [0.3, 0.4) is 0 Å². The first-order chi connectivity index (χ1) is 7.72. The van der Waals surface area contributed by atoms with E-state index in [1.807, 2.05) is 0 Å². The average Bonchev–Trinajstić information content (AvgIpc) is 2.30. The van der Waals surface area contributed by atoms with Crippen LogP contribution in [-0.4, -0.2) is 30.2 Å². The minimum absolute atomic E-state index is 0.0169. The lowest BCUT2D eigenvalue weighted by molar-refractivity contribution is 0.112. The maximum atomic E-state index is 10.8. The fourth-order valence-electron chi connectivity index (χ4n) is 1.29. The zero-order valence-electron chi connectivity index (χ0n) is 9.01. The molecule has 0 atom stereocenters. The molecule has 86 valence electrons. The summed E-state index contributed by atoms with van der Waals surface area (Å²) in [6.45, 7) is 0.0507. The second-order valence-corrected chi connectivity index (χ2v) is 3.19. The molecule has 0 fully saturated rings. The molecule has 1 aromatic rings. The molecule has 0 bridgehead atoms. The Morgan fingerprint density at radius 1 is 1.38 bits per heavy atom. The van der Waals surface area contributed by atoms with Crippen molar-refractivity contribution in [1.29, 1.82) is 0 Å². The molecule has 0 aromatic heterocycles. The van der Waals surface area contributed by atoms with E-state index < -0.39 is 0 Å². The van der Waals surface area contributed by atoms with Gasteiger partial charge in [0.25, 0.3) is 0 Å². The lowest BCUT2D eigenvalue weighted by atomic mass is 10.1. The van der Waals surface area contributed by atoms with E-state index in [9.17, 15) is 9.90 Å². The van der Waals surface area contributed by atoms with Gasteiger partial charge in [-0.3, -0.25) is 4.79 Å². The standard InChI is InChI=1S/C12H14O4/c1-16-12-7-10(8-14)9(6-11(12)15)4-2-3-5-13/h2,4,6-8,13,15H,3,5H2,1H3. The normalized spacial score (nSPS) is 10.6. The number of aromatic hydroxyl groups is 1. The Morgan fingerprint density at radius 3 is 2.69 bits per heavy atom. The number of phenolic OH excluding ortho intramolecular Hbond substituents is 1. The monoisotopic (exact) mass is 222 g/mol. The molecule has 0 amide bonds. The number of phenols is 1. The van der Waals surface area contributed by atoms with Gasteiger partial charge in [0.15, 0.2) is 17.8 Å². The number of hydrogen-bond donors (Lipinski definition) is 2. The highest BCUT2D eigenvalue weighted by atomic mass is 16.5. The van der Waals surface area contributed by atoms with Crippen molar-refractivity contribution in [3.63, 3.8) is 0 Å². The first-order valence-corrected chi connectivity index (χ1v) is 4.86. The zero-order valence-corrected chi connectivity index (χ0v) is 9.01. The van der Waals surface area contributed by atoms with E-state index in [1.165, 1.54) is 19.2 Å². The third-order valence-electron chi connectivity index (χ3n) is 2.10. The first-order valence-electron chi connectivity index (χ1n) is 4.86. The Hall–Kier alpha value is -1.81. The van der Waals surface area contributed by atoms with Crippen LogP contribution in [0, 0.1) is 0 Å². The van der Waals surface area contributed by atoms with E-state index in [2.05, 4.69) is 0 Å². The van der Waals surface area contributed by atoms with Gasteiger partial charge in [-0.1, -0.05) is 12.2 Å². The molecule has 16 heavy (non-hydrogen) atoms. The number of ether oxygens (including phenoxy) is 1. The summed E-state index contributed by atoms with van der Waals surface area (Å²) in [5.41, 5.74) is 1.03. The number of aldehydes is 1. The Labute approximate surface area is 93.8 Å². The van der Waals surface area contributed by atoms with Crippen LogP contribution >= 0.6 is 0 Å². The van der Waals surface area contributed by atoms with Crippen molar-refractivity contribution in [3.05, 3.63) is 29.3 Å². The zero-order chi connectivity index (χ0) is 12.0. The summed E-state index contributed by atoms with van der Waals surface area (Å²) in [5.74, 6) is 0.248. The average molecular weight is 222 g/mol. The van der Waals surface area contributed by atoms with Crippen molar-refractivity contribution in [2.24, 2.45) is 0 Å². The second kappa shape index (κ2) is 5.92. The van der Waals surface area contributed by atoms with E-state index in [-0.39, 0.29) is 18.1 Å². The SMILES string of the molecule is COc1cc(C=O)c(C=CCCO)cc1O. The number of methoxy groups -OCH3 is 1. The first kappa shape index (κ1) is 12.3. The number of aliphatic hydroxyl groups excluding tert-OH is 1. The van der Waals surface area contributed by atoms with Crippen LogP contribution in [0.4, 0.5) is 0 Å². The van der Waals surface area contributed by atoms with Crippen molar-refractivity contribution < 1.29 is 19.7 Å². The van der Waals surface area contributed by atoms with Gasteiger partial charge in [0.05, 0.1) is 7.11 Å². The van der Waals surface area contributed by atoms with Crippen LogP contribution in [-0.2, 0) is 0 Å². The van der Waals surface area contributed by atoms with Crippen molar-refractivity contribution in [3.8, 4) is 11.5 Å². The van der Waals surface area contributed by atoms with E-state index >= 15 is 0 Å². The van der Waals surface area contributed by atoms with Crippen molar-refractivity contribution in [2.45, 2.75) is 6.42 Å². The smallest absolute Gasteiger partial charge is 0.161 e. The van der Waals surface area contributed by atoms with E-state index in [0.29, 0.717) is 23.8 Å². The van der Waals surface area contributed by atoms with E-state index in [0.717, 1.165) is 0 Å². The van der Waals surface area contributed by atoms with Gasteiger partial charge in [0.1, 0.15) is 0 Å². The van der Waals surface area contributed by atoms with Gasteiger partial charge in [-0.25, -0.2) is 0 Å². The van der Waals surface area contributed by atoms with Gasteiger partial charge in [-0.05, 0) is 24.1 Å². The van der Waals surface area contributed by atoms with Crippen LogP contribution in [0.25, 0.3) is 6.08 Å². The second-order valence-electron chi connectivity index (χ2n) is 3.19. The molecular formula is C12H14O4. The number of aliphatic hydroxyl groups is 1. The molecular weight excluding hydrogens is 208 g/mol.